The molecule has 4 nitrogen and oxygen atoms in total. The van der Waals surface area contributed by atoms with Crippen molar-refractivity contribution in [3.05, 3.63) is 12.2 Å². The minimum atomic E-state index is -0.0278. The number of carbonyl (C=O) groups is 1. The zero-order valence-corrected chi connectivity index (χ0v) is 9.75. The Hall–Kier alpha value is -1.03. The first kappa shape index (κ1) is 12.0. The molecule has 4 heteroatoms. The third kappa shape index (κ3) is 3.91. The molecule has 0 unspecified atom stereocenters. The Balaban J connectivity index is 2.41. The number of hydrogen-bond donors (Lipinski definition) is 1. The van der Waals surface area contributed by atoms with Crippen LogP contribution in [0.15, 0.2) is 12.2 Å². The van der Waals surface area contributed by atoms with Gasteiger partial charge in [-0.1, -0.05) is 12.2 Å². The largest absolute Gasteiger partial charge is 0.372 e. The first-order chi connectivity index (χ1) is 6.99. The zero-order valence-electron chi connectivity index (χ0n) is 9.75. The van der Waals surface area contributed by atoms with Crippen LogP contribution in [0, 0.1) is 0 Å². The minimum Gasteiger partial charge on any atom is -0.372 e. The highest BCUT2D eigenvalue weighted by Crippen LogP contribution is 2.10. The molecule has 1 aliphatic rings. The molecule has 0 aromatic carbocycles. The number of amides is 2. The molecule has 2 amide bonds. The first-order valence-corrected chi connectivity index (χ1v) is 5.31. The van der Waals surface area contributed by atoms with Crippen LogP contribution < -0.4 is 5.32 Å². The zero-order chi connectivity index (χ0) is 11.4. The van der Waals surface area contributed by atoms with Gasteiger partial charge >= 0.3 is 6.03 Å². The lowest BCUT2D eigenvalue weighted by atomic mass is 10.2. The van der Waals surface area contributed by atoms with Crippen LogP contribution in [0.25, 0.3) is 0 Å². The van der Waals surface area contributed by atoms with Crippen LogP contribution in [0.4, 0.5) is 4.79 Å². The SMILES string of the molecule is C=C(C)CNC(=O)N1C[C@@H](C)O[C@H](C)C1. The van der Waals surface area contributed by atoms with Gasteiger partial charge in [-0.15, -0.1) is 0 Å². The smallest absolute Gasteiger partial charge is 0.317 e. The van der Waals surface area contributed by atoms with E-state index in [-0.39, 0.29) is 18.2 Å². The maximum absolute atomic E-state index is 11.7. The van der Waals surface area contributed by atoms with Crippen molar-refractivity contribution in [3.8, 4) is 0 Å². The molecular weight excluding hydrogens is 192 g/mol. The molecule has 86 valence electrons. The average molecular weight is 212 g/mol. The highest BCUT2D eigenvalue weighted by atomic mass is 16.5. The van der Waals surface area contributed by atoms with E-state index in [1.165, 1.54) is 0 Å². The monoisotopic (exact) mass is 212 g/mol. The van der Waals surface area contributed by atoms with E-state index in [1.54, 1.807) is 4.90 Å². The maximum atomic E-state index is 11.7. The Labute approximate surface area is 91.3 Å². The summed E-state index contributed by atoms with van der Waals surface area (Å²) in [5.41, 5.74) is 0.956. The molecule has 1 N–H and O–H groups in total. The van der Waals surface area contributed by atoms with Gasteiger partial charge in [-0.2, -0.15) is 0 Å². The molecule has 0 spiro atoms. The second-order valence-electron chi connectivity index (χ2n) is 4.28. The molecule has 2 atom stereocenters. The van der Waals surface area contributed by atoms with Crippen molar-refractivity contribution < 1.29 is 9.53 Å². The van der Waals surface area contributed by atoms with E-state index in [0.29, 0.717) is 19.6 Å². The van der Waals surface area contributed by atoms with Gasteiger partial charge in [0.05, 0.1) is 12.2 Å². The predicted octanol–water partition coefficient (Wildman–Crippen LogP) is 1.38. The number of morpholine rings is 1. The van der Waals surface area contributed by atoms with Crippen molar-refractivity contribution in [2.45, 2.75) is 33.0 Å². The highest BCUT2D eigenvalue weighted by molar-refractivity contribution is 5.74. The van der Waals surface area contributed by atoms with E-state index in [4.69, 9.17) is 4.74 Å². The fourth-order valence-corrected chi connectivity index (χ4v) is 1.68. The van der Waals surface area contributed by atoms with Gasteiger partial charge in [0.15, 0.2) is 0 Å². The van der Waals surface area contributed by atoms with Crippen LogP contribution in [-0.4, -0.2) is 42.8 Å². The normalized spacial score (nSPS) is 26.2. The second-order valence-corrected chi connectivity index (χ2v) is 4.28. The van der Waals surface area contributed by atoms with E-state index in [0.717, 1.165) is 5.57 Å². The second kappa shape index (κ2) is 5.16. The standard InChI is InChI=1S/C11H20N2O2/c1-8(2)5-12-11(14)13-6-9(3)15-10(4)7-13/h9-10H,1,5-7H2,2-4H3,(H,12,14)/t9-,10-/m1/s1. The van der Waals surface area contributed by atoms with Crippen molar-refractivity contribution in [2.24, 2.45) is 0 Å². The van der Waals surface area contributed by atoms with Gasteiger partial charge in [-0.3, -0.25) is 0 Å². The summed E-state index contributed by atoms with van der Waals surface area (Å²) < 4.78 is 5.55. The van der Waals surface area contributed by atoms with Gasteiger partial charge in [-0.05, 0) is 20.8 Å². The van der Waals surface area contributed by atoms with E-state index in [9.17, 15) is 4.79 Å². The van der Waals surface area contributed by atoms with Crippen LogP contribution in [0.5, 0.6) is 0 Å². The van der Waals surface area contributed by atoms with Gasteiger partial charge in [-0.25, -0.2) is 4.79 Å². The van der Waals surface area contributed by atoms with Crippen LogP contribution in [0.2, 0.25) is 0 Å². The van der Waals surface area contributed by atoms with Crippen molar-refractivity contribution in [1.82, 2.24) is 10.2 Å². The van der Waals surface area contributed by atoms with Gasteiger partial charge in [0, 0.05) is 19.6 Å². The summed E-state index contributed by atoms with van der Waals surface area (Å²) >= 11 is 0. The summed E-state index contributed by atoms with van der Waals surface area (Å²) in [6.07, 6.45) is 0.230. The summed E-state index contributed by atoms with van der Waals surface area (Å²) in [6.45, 7) is 11.5. The molecule has 1 aliphatic heterocycles. The fourth-order valence-electron chi connectivity index (χ4n) is 1.68. The predicted molar refractivity (Wildman–Crippen MR) is 59.8 cm³/mol. The summed E-state index contributed by atoms with van der Waals surface area (Å²) in [6, 6.07) is -0.0278. The molecule has 15 heavy (non-hydrogen) atoms. The Morgan fingerprint density at radius 1 is 1.47 bits per heavy atom. The number of urea groups is 1. The van der Waals surface area contributed by atoms with E-state index in [2.05, 4.69) is 11.9 Å². The number of ether oxygens (including phenoxy) is 1. The van der Waals surface area contributed by atoms with Crippen LogP contribution >= 0.6 is 0 Å². The van der Waals surface area contributed by atoms with E-state index in [1.807, 2.05) is 20.8 Å². The highest BCUT2D eigenvalue weighted by Gasteiger charge is 2.25. The first-order valence-electron chi connectivity index (χ1n) is 5.31. The number of nitrogens with zero attached hydrogens (tertiary/aromatic N) is 1. The lowest BCUT2D eigenvalue weighted by molar-refractivity contribution is -0.0544. The average Bonchev–Trinajstić information content (AvgIpc) is 2.12. The molecule has 0 saturated carbocycles. The lowest BCUT2D eigenvalue weighted by Gasteiger charge is -2.35. The summed E-state index contributed by atoms with van der Waals surface area (Å²) in [7, 11) is 0. The molecule has 0 aromatic rings. The molecule has 0 aliphatic carbocycles. The Morgan fingerprint density at radius 3 is 2.47 bits per heavy atom. The van der Waals surface area contributed by atoms with E-state index >= 15 is 0 Å². The minimum absolute atomic E-state index is 0.0278. The molecule has 0 aromatic heterocycles. The van der Waals surface area contributed by atoms with Gasteiger partial charge in [0.1, 0.15) is 0 Å². The van der Waals surface area contributed by atoms with Crippen LogP contribution in [-0.2, 0) is 4.74 Å². The van der Waals surface area contributed by atoms with Gasteiger partial charge in [0.25, 0.3) is 0 Å². The molecular formula is C11H20N2O2. The Bertz CT molecular complexity index is 243. The van der Waals surface area contributed by atoms with Crippen molar-refractivity contribution >= 4 is 6.03 Å². The number of nitrogens with one attached hydrogen (secondary N) is 1. The van der Waals surface area contributed by atoms with Gasteiger partial charge in [0.2, 0.25) is 0 Å². The van der Waals surface area contributed by atoms with E-state index < -0.39 is 0 Å². The lowest BCUT2D eigenvalue weighted by Crippen LogP contribution is -2.51. The number of rotatable bonds is 2. The third-order valence-corrected chi connectivity index (χ3v) is 2.25. The topological polar surface area (TPSA) is 41.6 Å². The molecule has 1 saturated heterocycles. The maximum Gasteiger partial charge on any atom is 0.317 e. The summed E-state index contributed by atoms with van der Waals surface area (Å²) in [5.74, 6) is 0. The Kier molecular flexibility index (Phi) is 4.15. The quantitative estimate of drug-likeness (QED) is 0.703. The van der Waals surface area contributed by atoms with Crippen molar-refractivity contribution in [2.75, 3.05) is 19.6 Å². The van der Waals surface area contributed by atoms with Crippen molar-refractivity contribution in [1.29, 1.82) is 0 Å². The van der Waals surface area contributed by atoms with Crippen LogP contribution in [0.3, 0.4) is 0 Å². The Morgan fingerprint density at radius 2 is 2.00 bits per heavy atom. The third-order valence-electron chi connectivity index (χ3n) is 2.25. The summed E-state index contributed by atoms with van der Waals surface area (Å²) in [4.78, 5) is 13.5. The molecule has 0 bridgehead atoms. The fraction of sp³-hybridized carbons (Fsp3) is 0.727. The molecule has 1 fully saturated rings. The molecule has 1 heterocycles. The van der Waals surface area contributed by atoms with Gasteiger partial charge < -0.3 is 15.0 Å². The molecule has 1 rings (SSSR count). The van der Waals surface area contributed by atoms with Crippen LogP contribution in [0.1, 0.15) is 20.8 Å². The molecule has 0 radical (unpaired) electrons. The van der Waals surface area contributed by atoms with Crippen molar-refractivity contribution in [3.63, 3.8) is 0 Å². The number of carbonyl (C=O) groups excluding carboxylic acids is 1. The number of hydrogen-bond acceptors (Lipinski definition) is 2. The summed E-state index contributed by atoms with van der Waals surface area (Å²) in [5, 5.41) is 2.82.